The highest BCUT2D eigenvalue weighted by atomic mass is 79.9. The minimum atomic E-state index is -0.709. The first-order valence-corrected chi connectivity index (χ1v) is 13.1. The maximum absolute atomic E-state index is 13.8. The molecule has 0 spiro atoms. The molecule has 0 radical (unpaired) electrons. The number of amides is 2. The first-order valence-electron chi connectivity index (χ1n) is 11.6. The number of nitrogens with zero attached hydrogens (tertiary/aromatic N) is 1. The Kier molecular flexibility index (Phi) is 10.2. The Morgan fingerprint density at radius 3 is 2.20 bits per heavy atom. The molecule has 3 aromatic rings. The van der Waals surface area contributed by atoms with E-state index in [2.05, 4.69) is 21.2 Å². The average molecular weight is 576 g/mol. The van der Waals surface area contributed by atoms with Gasteiger partial charge in [0.1, 0.15) is 6.04 Å². The highest BCUT2D eigenvalue weighted by molar-refractivity contribution is 9.10. The molecule has 1 N–H and O–H groups in total. The van der Waals surface area contributed by atoms with E-state index in [1.54, 1.807) is 23.1 Å². The smallest absolute Gasteiger partial charge is 0.243 e. The van der Waals surface area contributed by atoms with Crippen molar-refractivity contribution in [2.24, 2.45) is 0 Å². The summed E-state index contributed by atoms with van der Waals surface area (Å²) in [5, 5.41) is 3.93. The van der Waals surface area contributed by atoms with Gasteiger partial charge in [0, 0.05) is 33.5 Å². The fourth-order valence-electron chi connectivity index (χ4n) is 3.78. The Balaban J connectivity index is 2.01. The number of nitrogens with one attached hydrogen (secondary N) is 1. The van der Waals surface area contributed by atoms with Crippen LogP contribution in [0.3, 0.4) is 0 Å². The molecule has 0 unspecified atom stereocenters. The second-order valence-corrected chi connectivity index (χ2v) is 10.3. The number of hydrogen-bond donors (Lipinski definition) is 1. The second kappa shape index (κ2) is 13.1. The number of rotatable bonds is 10. The van der Waals surface area contributed by atoms with E-state index in [9.17, 15) is 9.59 Å². The predicted octanol–water partition coefficient (Wildman–Crippen LogP) is 6.85. The van der Waals surface area contributed by atoms with Crippen LogP contribution in [0.25, 0.3) is 0 Å². The lowest BCUT2D eigenvalue weighted by Gasteiger charge is -2.32. The first-order chi connectivity index (χ1) is 16.8. The molecule has 0 aliphatic heterocycles. The third kappa shape index (κ3) is 7.83. The molecule has 0 fully saturated rings. The van der Waals surface area contributed by atoms with E-state index in [0.717, 1.165) is 22.0 Å². The summed E-state index contributed by atoms with van der Waals surface area (Å²) in [4.78, 5) is 29.0. The largest absolute Gasteiger partial charge is 0.352 e. The summed E-state index contributed by atoms with van der Waals surface area (Å²) in [5.41, 5.74) is 2.44. The molecule has 184 valence electrons. The Morgan fingerprint density at radius 2 is 1.57 bits per heavy atom. The van der Waals surface area contributed by atoms with E-state index < -0.39 is 6.04 Å². The van der Waals surface area contributed by atoms with Crippen molar-refractivity contribution in [1.29, 1.82) is 0 Å². The van der Waals surface area contributed by atoms with E-state index in [-0.39, 0.29) is 30.8 Å². The van der Waals surface area contributed by atoms with Crippen LogP contribution in [0.15, 0.2) is 77.3 Å². The van der Waals surface area contributed by atoms with Crippen molar-refractivity contribution >= 4 is 50.9 Å². The quantitative estimate of drug-likeness (QED) is 0.287. The Hall–Kier alpha value is -2.34. The lowest BCUT2D eigenvalue weighted by atomic mass is 10.0. The van der Waals surface area contributed by atoms with Gasteiger partial charge in [-0.15, -0.1) is 0 Å². The minimum Gasteiger partial charge on any atom is -0.352 e. The highest BCUT2D eigenvalue weighted by Gasteiger charge is 2.31. The first kappa shape index (κ1) is 27.3. The molecule has 0 saturated carbocycles. The summed E-state index contributed by atoms with van der Waals surface area (Å²) in [6.45, 7) is 4.24. The van der Waals surface area contributed by atoms with Crippen LogP contribution in [0, 0.1) is 0 Å². The number of hydrogen-bond acceptors (Lipinski definition) is 2. The van der Waals surface area contributed by atoms with Crippen molar-refractivity contribution < 1.29 is 9.59 Å². The van der Waals surface area contributed by atoms with Gasteiger partial charge < -0.3 is 10.2 Å². The zero-order valence-electron chi connectivity index (χ0n) is 19.8. The Labute approximate surface area is 225 Å². The van der Waals surface area contributed by atoms with Gasteiger partial charge in [0.2, 0.25) is 11.8 Å². The number of halogens is 3. The Bertz CT molecular complexity index is 1140. The van der Waals surface area contributed by atoms with Gasteiger partial charge in [-0.2, -0.15) is 0 Å². The molecule has 0 bridgehead atoms. The van der Waals surface area contributed by atoms with Crippen LogP contribution in [0.5, 0.6) is 0 Å². The molecule has 3 aromatic carbocycles. The SMILES string of the molecule is CC[C@H](C)NC(=O)[C@@H](Cc1ccccc1)N(Cc1cccc(Br)c1)C(=O)Cc1c(Cl)cccc1Cl. The van der Waals surface area contributed by atoms with Crippen LogP contribution in [0.1, 0.15) is 37.0 Å². The number of benzene rings is 3. The summed E-state index contributed by atoms with van der Waals surface area (Å²) in [5.74, 6) is -0.406. The summed E-state index contributed by atoms with van der Waals surface area (Å²) >= 11 is 16.3. The molecule has 0 aliphatic carbocycles. The van der Waals surface area contributed by atoms with Gasteiger partial charge in [-0.1, -0.05) is 94.6 Å². The van der Waals surface area contributed by atoms with Crippen molar-refractivity contribution in [2.45, 2.75) is 51.7 Å². The third-order valence-electron chi connectivity index (χ3n) is 5.90. The van der Waals surface area contributed by atoms with Gasteiger partial charge >= 0.3 is 0 Å². The van der Waals surface area contributed by atoms with Crippen molar-refractivity contribution in [1.82, 2.24) is 10.2 Å². The van der Waals surface area contributed by atoms with Crippen LogP contribution < -0.4 is 5.32 Å². The van der Waals surface area contributed by atoms with Gasteiger partial charge in [0.25, 0.3) is 0 Å². The van der Waals surface area contributed by atoms with Crippen LogP contribution in [0.4, 0.5) is 0 Å². The molecular weight excluding hydrogens is 547 g/mol. The van der Waals surface area contributed by atoms with Crippen LogP contribution in [0.2, 0.25) is 10.0 Å². The predicted molar refractivity (Wildman–Crippen MR) is 147 cm³/mol. The molecule has 0 aliphatic rings. The molecule has 0 aromatic heterocycles. The van der Waals surface area contributed by atoms with Gasteiger partial charge in [0.15, 0.2) is 0 Å². The van der Waals surface area contributed by atoms with E-state index in [1.807, 2.05) is 68.4 Å². The lowest BCUT2D eigenvalue weighted by Crippen LogP contribution is -2.52. The second-order valence-electron chi connectivity index (χ2n) is 8.55. The molecule has 0 saturated heterocycles. The van der Waals surface area contributed by atoms with Gasteiger partial charge in [0.05, 0.1) is 6.42 Å². The average Bonchev–Trinajstić information content (AvgIpc) is 2.84. The summed E-state index contributed by atoms with van der Waals surface area (Å²) in [6, 6.07) is 21.9. The van der Waals surface area contributed by atoms with E-state index in [4.69, 9.17) is 23.2 Å². The third-order valence-corrected chi connectivity index (χ3v) is 7.11. The summed E-state index contributed by atoms with van der Waals surface area (Å²) < 4.78 is 0.903. The number of carbonyl (C=O) groups excluding carboxylic acids is 2. The molecule has 35 heavy (non-hydrogen) atoms. The molecule has 7 heteroatoms. The maximum Gasteiger partial charge on any atom is 0.243 e. The van der Waals surface area contributed by atoms with Crippen molar-refractivity contribution in [3.05, 3.63) is 104 Å². The van der Waals surface area contributed by atoms with Crippen LogP contribution >= 0.6 is 39.1 Å². The molecule has 3 rings (SSSR count). The summed E-state index contributed by atoms with van der Waals surface area (Å²) in [6.07, 6.45) is 1.17. The monoisotopic (exact) mass is 574 g/mol. The van der Waals surface area contributed by atoms with Gasteiger partial charge in [-0.3, -0.25) is 9.59 Å². The maximum atomic E-state index is 13.8. The Morgan fingerprint density at radius 1 is 0.943 bits per heavy atom. The van der Waals surface area contributed by atoms with Crippen LogP contribution in [-0.2, 0) is 29.0 Å². The topological polar surface area (TPSA) is 49.4 Å². The fourth-order valence-corrected chi connectivity index (χ4v) is 4.76. The highest BCUT2D eigenvalue weighted by Crippen LogP contribution is 2.26. The zero-order chi connectivity index (χ0) is 25.4. The molecule has 0 heterocycles. The van der Waals surface area contributed by atoms with Gasteiger partial charge in [-0.05, 0) is 54.3 Å². The van der Waals surface area contributed by atoms with E-state index in [0.29, 0.717) is 22.0 Å². The minimum absolute atomic E-state index is 0.00554. The van der Waals surface area contributed by atoms with E-state index in [1.165, 1.54) is 0 Å². The normalized spacial score (nSPS) is 12.6. The molecule has 4 nitrogen and oxygen atoms in total. The van der Waals surface area contributed by atoms with Crippen molar-refractivity contribution in [3.63, 3.8) is 0 Å². The van der Waals surface area contributed by atoms with Crippen LogP contribution in [-0.4, -0.2) is 28.8 Å². The van der Waals surface area contributed by atoms with Crippen molar-refractivity contribution in [3.8, 4) is 0 Å². The molecule has 2 atom stereocenters. The standard InChI is InChI=1S/C28H29BrCl2N2O2/c1-3-19(2)32-28(35)26(16-20-9-5-4-6-10-20)33(18-21-11-7-12-22(29)15-21)27(34)17-23-24(30)13-8-14-25(23)31/h4-15,19,26H,3,16-18H2,1-2H3,(H,32,35)/t19-,26+/m0/s1. The lowest BCUT2D eigenvalue weighted by molar-refractivity contribution is -0.141. The van der Waals surface area contributed by atoms with Crippen molar-refractivity contribution in [2.75, 3.05) is 0 Å². The summed E-state index contributed by atoms with van der Waals surface area (Å²) in [7, 11) is 0. The fraction of sp³-hybridized carbons (Fsp3) is 0.286. The molecule has 2 amide bonds. The molecular formula is C28H29BrCl2N2O2. The van der Waals surface area contributed by atoms with Gasteiger partial charge in [-0.25, -0.2) is 0 Å². The zero-order valence-corrected chi connectivity index (χ0v) is 22.9. The van der Waals surface area contributed by atoms with E-state index >= 15 is 0 Å². The number of carbonyl (C=O) groups is 2.